The summed E-state index contributed by atoms with van der Waals surface area (Å²) in [6.07, 6.45) is 0. The molecule has 0 spiro atoms. The summed E-state index contributed by atoms with van der Waals surface area (Å²) in [6.45, 7) is 3.03. The maximum atomic E-state index is 5.54. The molecule has 1 nitrogen and oxygen atoms in total. The van der Waals surface area contributed by atoms with Crippen molar-refractivity contribution in [2.24, 2.45) is 0 Å². The second kappa shape index (κ2) is 3.40. The molecule has 0 N–H and O–H groups in total. The fourth-order valence-corrected chi connectivity index (χ4v) is 2.41. The Morgan fingerprint density at radius 3 is 3.17 bits per heavy atom. The van der Waals surface area contributed by atoms with Crippen LogP contribution >= 0.6 is 11.8 Å². The van der Waals surface area contributed by atoms with Crippen molar-refractivity contribution in [3.8, 4) is 5.75 Å². The van der Waals surface area contributed by atoms with Crippen LogP contribution in [0, 0.1) is 0 Å². The fraction of sp³-hybridized carbons (Fsp3) is 0.400. The van der Waals surface area contributed by atoms with Crippen LogP contribution in [0.25, 0.3) is 0 Å². The van der Waals surface area contributed by atoms with E-state index in [0.29, 0.717) is 5.25 Å². The van der Waals surface area contributed by atoms with E-state index < -0.39 is 0 Å². The Kier molecular flexibility index (Phi) is 2.26. The number of hydrogen-bond donors (Lipinski definition) is 0. The molecule has 1 heterocycles. The van der Waals surface area contributed by atoms with Crippen molar-refractivity contribution < 1.29 is 4.74 Å². The average Bonchev–Trinajstić information content (AvgIpc) is 2.50. The molecule has 0 amide bonds. The Morgan fingerprint density at radius 2 is 2.33 bits per heavy atom. The first-order valence-electron chi connectivity index (χ1n) is 4.25. The molecule has 0 radical (unpaired) electrons. The molecular weight excluding hydrogens is 168 g/mol. The molecule has 1 atom stereocenters. The number of hydrogen-bond acceptors (Lipinski definition) is 2. The number of rotatable bonds is 2. The lowest BCUT2D eigenvalue weighted by atomic mass is 10.2. The predicted octanol–water partition coefficient (Wildman–Crippen LogP) is 2.87. The van der Waals surface area contributed by atoms with E-state index in [2.05, 4.69) is 19.1 Å². The normalized spacial score (nSPS) is 20.2. The Labute approximate surface area is 77.1 Å². The highest BCUT2D eigenvalue weighted by molar-refractivity contribution is 7.99. The van der Waals surface area contributed by atoms with Gasteiger partial charge in [0, 0.05) is 5.56 Å². The first-order valence-corrected chi connectivity index (χ1v) is 5.30. The van der Waals surface area contributed by atoms with Crippen LogP contribution in [0.4, 0.5) is 0 Å². The molecule has 1 aliphatic heterocycles. The topological polar surface area (TPSA) is 9.23 Å². The SMILES string of the molecule is CCS[C@@H]1COc2ccccc21. The summed E-state index contributed by atoms with van der Waals surface area (Å²) in [6, 6.07) is 8.32. The van der Waals surface area contributed by atoms with E-state index in [0.717, 1.165) is 18.1 Å². The van der Waals surface area contributed by atoms with Gasteiger partial charge in [0.15, 0.2) is 0 Å². The van der Waals surface area contributed by atoms with Crippen molar-refractivity contribution in [1.29, 1.82) is 0 Å². The van der Waals surface area contributed by atoms with Crippen LogP contribution in [-0.4, -0.2) is 12.4 Å². The van der Waals surface area contributed by atoms with Crippen molar-refractivity contribution in [3.05, 3.63) is 29.8 Å². The molecule has 0 saturated carbocycles. The van der Waals surface area contributed by atoms with Crippen LogP contribution in [-0.2, 0) is 0 Å². The molecule has 0 bridgehead atoms. The molecule has 1 aromatic rings. The van der Waals surface area contributed by atoms with Crippen LogP contribution in [0.3, 0.4) is 0 Å². The Balaban J connectivity index is 2.24. The van der Waals surface area contributed by atoms with Crippen LogP contribution in [0.2, 0.25) is 0 Å². The molecule has 64 valence electrons. The zero-order chi connectivity index (χ0) is 8.39. The second-order valence-electron chi connectivity index (χ2n) is 2.79. The summed E-state index contributed by atoms with van der Waals surface area (Å²) in [5.41, 5.74) is 1.37. The largest absolute Gasteiger partial charge is 0.492 e. The number of benzene rings is 1. The predicted molar refractivity (Wildman–Crippen MR) is 52.8 cm³/mol. The smallest absolute Gasteiger partial charge is 0.123 e. The lowest BCUT2D eigenvalue weighted by molar-refractivity contribution is 0.354. The minimum Gasteiger partial charge on any atom is -0.492 e. The molecule has 0 aliphatic carbocycles. The molecule has 1 aliphatic rings. The summed E-state index contributed by atoms with van der Waals surface area (Å²) in [5, 5.41) is 0.561. The highest BCUT2D eigenvalue weighted by Gasteiger charge is 2.22. The van der Waals surface area contributed by atoms with Crippen molar-refractivity contribution in [2.75, 3.05) is 12.4 Å². The maximum absolute atomic E-state index is 5.54. The summed E-state index contributed by atoms with van der Waals surface area (Å²) in [7, 11) is 0. The third-order valence-corrected chi connectivity index (χ3v) is 3.15. The van der Waals surface area contributed by atoms with Gasteiger partial charge in [-0.15, -0.1) is 0 Å². The number of fused-ring (bicyclic) bond motifs is 1. The summed E-state index contributed by atoms with van der Waals surface area (Å²) in [4.78, 5) is 0. The third kappa shape index (κ3) is 1.31. The summed E-state index contributed by atoms with van der Waals surface area (Å²) in [5.74, 6) is 2.23. The van der Waals surface area contributed by atoms with Gasteiger partial charge in [-0.2, -0.15) is 11.8 Å². The fourth-order valence-electron chi connectivity index (χ4n) is 1.47. The maximum Gasteiger partial charge on any atom is 0.123 e. The van der Waals surface area contributed by atoms with Gasteiger partial charge in [-0.05, 0) is 11.8 Å². The monoisotopic (exact) mass is 180 g/mol. The molecule has 0 aromatic heterocycles. The Hall–Kier alpha value is -0.630. The van der Waals surface area contributed by atoms with Gasteiger partial charge in [0.05, 0.1) is 5.25 Å². The lowest BCUT2D eigenvalue weighted by Gasteiger charge is -2.04. The van der Waals surface area contributed by atoms with E-state index in [-0.39, 0.29) is 0 Å². The van der Waals surface area contributed by atoms with Gasteiger partial charge in [-0.1, -0.05) is 25.1 Å². The first-order chi connectivity index (χ1) is 5.92. The molecule has 12 heavy (non-hydrogen) atoms. The van der Waals surface area contributed by atoms with Crippen molar-refractivity contribution >= 4 is 11.8 Å². The molecule has 2 heteroatoms. The van der Waals surface area contributed by atoms with Crippen LogP contribution in [0.1, 0.15) is 17.7 Å². The van der Waals surface area contributed by atoms with E-state index in [1.54, 1.807) is 0 Å². The standard InChI is InChI=1S/C10H12OS/c1-2-12-10-7-11-9-6-4-3-5-8(9)10/h3-6,10H,2,7H2,1H3/t10-/m1/s1. The zero-order valence-corrected chi connectivity index (χ0v) is 7.93. The highest BCUT2D eigenvalue weighted by atomic mass is 32.2. The number of para-hydroxylation sites is 1. The van der Waals surface area contributed by atoms with Gasteiger partial charge >= 0.3 is 0 Å². The van der Waals surface area contributed by atoms with Crippen molar-refractivity contribution in [2.45, 2.75) is 12.2 Å². The number of thioether (sulfide) groups is 1. The first kappa shape index (κ1) is 7.99. The highest BCUT2D eigenvalue weighted by Crippen LogP contribution is 2.40. The van der Waals surface area contributed by atoms with Crippen molar-refractivity contribution in [1.82, 2.24) is 0 Å². The van der Waals surface area contributed by atoms with E-state index in [4.69, 9.17) is 4.74 Å². The molecule has 1 aromatic carbocycles. The summed E-state index contributed by atoms with van der Waals surface area (Å²) >= 11 is 1.96. The minimum absolute atomic E-state index is 0.561. The van der Waals surface area contributed by atoms with E-state index in [9.17, 15) is 0 Å². The third-order valence-electron chi connectivity index (χ3n) is 2.02. The van der Waals surface area contributed by atoms with Crippen LogP contribution < -0.4 is 4.74 Å². The van der Waals surface area contributed by atoms with Gasteiger partial charge in [-0.25, -0.2) is 0 Å². The quantitative estimate of drug-likeness (QED) is 0.692. The molecular formula is C10H12OS. The molecule has 2 rings (SSSR count). The van der Waals surface area contributed by atoms with Crippen LogP contribution in [0.15, 0.2) is 24.3 Å². The molecule has 0 fully saturated rings. The van der Waals surface area contributed by atoms with E-state index >= 15 is 0 Å². The van der Waals surface area contributed by atoms with Crippen LogP contribution in [0.5, 0.6) is 5.75 Å². The Bertz CT molecular complexity index is 270. The van der Waals surface area contributed by atoms with E-state index in [1.807, 2.05) is 23.9 Å². The van der Waals surface area contributed by atoms with Gasteiger partial charge in [0.2, 0.25) is 0 Å². The van der Waals surface area contributed by atoms with Gasteiger partial charge in [-0.3, -0.25) is 0 Å². The second-order valence-corrected chi connectivity index (χ2v) is 4.27. The lowest BCUT2D eigenvalue weighted by Crippen LogP contribution is -1.95. The van der Waals surface area contributed by atoms with E-state index in [1.165, 1.54) is 5.56 Å². The summed E-state index contributed by atoms with van der Waals surface area (Å²) < 4.78 is 5.54. The van der Waals surface area contributed by atoms with Crippen molar-refractivity contribution in [3.63, 3.8) is 0 Å². The Morgan fingerprint density at radius 1 is 1.50 bits per heavy atom. The average molecular weight is 180 g/mol. The molecule has 0 unspecified atom stereocenters. The van der Waals surface area contributed by atoms with Gasteiger partial charge in [0.25, 0.3) is 0 Å². The van der Waals surface area contributed by atoms with Gasteiger partial charge in [0.1, 0.15) is 12.4 Å². The van der Waals surface area contributed by atoms with Gasteiger partial charge < -0.3 is 4.74 Å². The molecule has 0 saturated heterocycles. The minimum atomic E-state index is 0.561. The number of ether oxygens (including phenoxy) is 1. The zero-order valence-electron chi connectivity index (χ0n) is 7.12.